The van der Waals surface area contributed by atoms with Crippen LogP contribution in [0.4, 0.5) is 4.39 Å². The third-order valence-electron chi connectivity index (χ3n) is 4.86. The van der Waals surface area contributed by atoms with Gasteiger partial charge in [-0.15, -0.1) is 5.73 Å². The molecule has 1 aliphatic carbocycles. The topological polar surface area (TPSA) is 49.2 Å². The Hall–Kier alpha value is -3.47. The molecule has 144 valence electrons. The van der Waals surface area contributed by atoms with Crippen LogP contribution in [0.2, 0.25) is 0 Å². The number of pyridine rings is 1. The Labute approximate surface area is 167 Å². The number of ether oxygens (including phenoxy) is 2. The monoisotopic (exact) mass is 387 g/mol. The summed E-state index contributed by atoms with van der Waals surface area (Å²) in [6, 6.07) is 10.1. The highest BCUT2D eigenvalue weighted by molar-refractivity contribution is 5.71. The first kappa shape index (κ1) is 17.6. The number of imidazole rings is 1. The number of halogens is 1. The standard InChI is InChI=1S/C23H18FN3O2/c24-17-7-9-18(10-8-17)27-21-5-3-1-2-4-20(21)26-23(27)16-6-11-22(25-14-16)29-19-12-13-28-15-19/h1-2,4-11,14,19H,12-13,15H2. The van der Waals surface area contributed by atoms with E-state index in [1.54, 1.807) is 18.3 Å². The fourth-order valence-corrected chi connectivity index (χ4v) is 3.44. The molecule has 1 atom stereocenters. The molecule has 0 spiro atoms. The largest absolute Gasteiger partial charge is 0.472 e. The maximum atomic E-state index is 13.5. The number of fused-ring (bicyclic) bond motifs is 1. The van der Waals surface area contributed by atoms with Gasteiger partial charge < -0.3 is 9.47 Å². The Balaban J connectivity index is 1.56. The molecule has 3 aromatic rings. The molecule has 0 amide bonds. The number of aromatic nitrogens is 3. The second-order valence-corrected chi connectivity index (χ2v) is 6.84. The first-order chi connectivity index (χ1) is 14.3. The van der Waals surface area contributed by atoms with Crippen molar-refractivity contribution in [2.24, 2.45) is 0 Å². The molecule has 29 heavy (non-hydrogen) atoms. The fraction of sp³-hybridized carbons (Fsp3) is 0.174. The van der Waals surface area contributed by atoms with Gasteiger partial charge in [-0.25, -0.2) is 14.4 Å². The summed E-state index contributed by atoms with van der Waals surface area (Å²) >= 11 is 0. The minimum atomic E-state index is -0.282. The van der Waals surface area contributed by atoms with Crippen molar-refractivity contribution in [1.29, 1.82) is 0 Å². The van der Waals surface area contributed by atoms with Crippen molar-refractivity contribution < 1.29 is 13.9 Å². The normalized spacial score (nSPS) is 17.3. The van der Waals surface area contributed by atoms with Gasteiger partial charge in [0.15, 0.2) is 0 Å². The Bertz CT molecular complexity index is 1120. The number of nitrogens with zero attached hydrogens (tertiary/aromatic N) is 3. The summed E-state index contributed by atoms with van der Waals surface area (Å²) in [4.78, 5) is 9.25. The molecular weight excluding hydrogens is 369 g/mol. The average molecular weight is 387 g/mol. The summed E-state index contributed by atoms with van der Waals surface area (Å²) in [5.74, 6) is 0.999. The van der Waals surface area contributed by atoms with Crippen molar-refractivity contribution in [3.63, 3.8) is 0 Å². The minimum Gasteiger partial charge on any atom is -0.472 e. The minimum absolute atomic E-state index is 0.0488. The van der Waals surface area contributed by atoms with Gasteiger partial charge in [-0.2, -0.15) is 0 Å². The smallest absolute Gasteiger partial charge is 0.213 e. The van der Waals surface area contributed by atoms with Crippen LogP contribution in [-0.4, -0.2) is 33.9 Å². The van der Waals surface area contributed by atoms with Gasteiger partial charge in [-0.3, -0.25) is 4.57 Å². The van der Waals surface area contributed by atoms with Gasteiger partial charge in [0.1, 0.15) is 17.7 Å². The van der Waals surface area contributed by atoms with Crippen molar-refractivity contribution in [1.82, 2.24) is 14.5 Å². The molecule has 1 fully saturated rings. The molecule has 0 bridgehead atoms. The lowest BCUT2D eigenvalue weighted by Gasteiger charge is -2.12. The maximum absolute atomic E-state index is 13.5. The fourth-order valence-electron chi connectivity index (χ4n) is 3.44. The molecule has 0 saturated carbocycles. The summed E-state index contributed by atoms with van der Waals surface area (Å²) in [6.45, 7) is 1.32. The zero-order valence-electron chi connectivity index (χ0n) is 15.6. The van der Waals surface area contributed by atoms with Crippen LogP contribution in [0.3, 0.4) is 0 Å². The van der Waals surface area contributed by atoms with Crippen molar-refractivity contribution >= 4 is 12.2 Å². The summed E-state index contributed by atoms with van der Waals surface area (Å²) in [7, 11) is 0. The average Bonchev–Trinajstić information content (AvgIpc) is 3.31. The van der Waals surface area contributed by atoms with Gasteiger partial charge in [0.2, 0.25) is 5.88 Å². The first-order valence-corrected chi connectivity index (χ1v) is 9.46. The van der Waals surface area contributed by atoms with E-state index in [1.807, 2.05) is 41.0 Å². The predicted octanol–water partition coefficient (Wildman–Crippen LogP) is 4.44. The zero-order chi connectivity index (χ0) is 19.6. The summed E-state index contributed by atoms with van der Waals surface area (Å²) < 4.78 is 26.6. The predicted molar refractivity (Wildman–Crippen MR) is 108 cm³/mol. The number of hydrogen-bond acceptors (Lipinski definition) is 4. The third-order valence-corrected chi connectivity index (χ3v) is 4.86. The molecule has 5 rings (SSSR count). The van der Waals surface area contributed by atoms with Crippen molar-refractivity contribution in [2.45, 2.75) is 12.5 Å². The molecule has 1 saturated heterocycles. The molecule has 1 aliphatic heterocycles. The van der Waals surface area contributed by atoms with E-state index < -0.39 is 0 Å². The highest BCUT2D eigenvalue weighted by atomic mass is 19.1. The molecule has 6 heteroatoms. The van der Waals surface area contributed by atoms with E-state index in [0.717, 1.165) is 41.5 Å². The number of rotatable bonds is 4. The molecule has 0 radical (unpaired) electrons. The molecule has 1 unspecified atom stereocenters. The van der Waals surface area contributed by atoms with E-state index >= 15 is 0 Å². The lowest BCUT2D eigenvalue weighted by Crippen LogP contribution is -2.16. The Morgan fingerprint density at radius 3 is 2.83 bits per heavy atom. The number of allylic oxidation sites excluding steroid dienone is 2. The SMILES string of the molecule is Fc1ccc(-n2c(-c3ccc(OC4CCOC4)nc3)nc3c2C=C=CC=C3)cc1. The van der Waals surface area contributed by atoms with E-state index in [9.17, 15) is 4.39 Å². The maximum Gasteiger partial charge on any atom is 0.213 e. The van der Waals surface area contributed by atoms with Gasteiger partial charge in [0, 0.05) is 36.0 Å². The Kier molecular flexibility index (Phi) is 4.56. The molecular formula is C23H18FN3O2. The first-order valence-electron chi connectivity index (χ1n) is 9.46. The summed E-state index contributed by atoms with van der Waals surface area (Å²) in [5, 5.41) is 0. The van der Waals surface area contributed by atoms with Gasteiger partial charge in [-0.05, 0) is 42.5 Å². The van der Waals surface area contributed by atoms with E-state index in [4.69, 9.17) is 14.5 Å². The molecule has 3 heterocycles. The molecule has 2 aromatic heterocycles. The van der Waals surface area contributed by atoms with Gasteiger partial charge >= 0.3 is 0 Å². The quantitative estimate of drug-likeness (QED) is 0.621. The summed E-state index contributed by atoms with van der Waals surface area (Å²) in [5.41, 5.74) is 6.46. The van der Waals surface area contributed by atoms with E-state index in [-0.39, 0.29) is 11.9 Å². The van der Waals surface area contributed by atoms with Gasteiger partial charge in [0.05, 0.1) is 24.6 Å². The van der Waals surface area contributed by atoms with Crippen LogP contribution in [0.1, 0.15) is 17.8 Å². The third kappa shape index (κ3) is 3.51. The van der Waals surface area contributed by atoms with Crippen LogP contribution in [0.15, 0.2) is 60.5 Å². The van der Waals surface area contributed by atoms with Crippen molar-refractivity contribution in [3.8, 4) is 23.0 Å². The Morgan fingerprint density at radius 1 is 1.17 bits per heavy atom. The van der Waals surface area contributed by atoms with Crippen LogP contribution < -0.4 is 4.74 Å². The highest BCUT2D eigenvalue weighted by Gasteiger charge is 2.20. The van der Waals surface area contributed by atoms with E-state index in [2.05, 4.69) is 10.7 Å². The zero-order valence-corrected chi connectivity index (χ0v) is 15.6. The van der Waals surface area contributed by atoms with Gasteiger partial charge in [-0.1, -0.05) is 6.08 Å². The molecule has 5 nitrogen and oxygen atoms in total. The molecule has 1 aromatic carbocycles. The number of benzene rings is 1. The summed E-state index contributed by atoms with van der Waals surface area (Å²) in [6.07, 6.45) is 10.2. The lowest BCUT2D eigenvalue weighted by molar-refractivity contribution is 0.138. The van der Waals surface area contributed by atoms with Crippen molar-refractivity contribution in [2.75, 3.05) is 13.2 Å². The van der Waals surface area contributed by atoms with Crippen LogP contribution >= 0.6 is 0 Å². The molecule has 0 N–H and O–H groups in total. The second kappa shape index (κ2) is 7.51. The van der Waals surface area contributed by atoms with Crippen molar-refractivity contribution in [3.05, 3.63) is 77.7 Å². The highest BCUT2D eigenvalue weighted by Crippen LogP contribution is 2.29. The van der Waals surface area contributed by atoms with E-state index in [0.29, 0.717) is 12.5 Å². The lowest BCUT2D eigenvalue weighted by atomic mass is 10.2. The molecule has 2 aliphatic rings. The van der Waals surface area contributed by atoms with E-state index in [1.165, 1.54) is 12.1 Å². The Morgan fingerprint density at radius 2 is 2.07 bits per heavy atom. The van der Waals surface area contributed by atoms with Crippen LogP contribution in [0, 0.1) is 5.82 Å². The van der Waals surface area contributed by atoms with Crippen LogP contribution in [0.5, 0.6) is 5.88 Å². The van der Waals surface area contributed by atoms with Crippen LogP contribution in [-0.2, 0) is 4.74 Å². The van der Waals surface area contributed by atoms with Crippen LogP contribution in [0.25, 0.3) is 29.2 Å². The van der Waals surface area contributed by atoms with Gasteiger partial charge in [0.25, 0.3) is 0 Å². The number of hydrogen-bond donors (Lipinski definition) is 0. The second-order valence-electron chi connectivity index (χ2n) is 6.84.